The number of benzene rings is 2. The predicted octanol–water partition coefficient (Wildman–Crippen LogP) is 4.72. The van der Waals surface area contributed by atoms with Gasteiger partial charge in [0.2, 0.25) is 0 Å². The highest BCUT2D eigenvalue weighted by molar-refractivity contribution is 8.01. The number of nitrogens with one attached hydrogen (secondary N) is 1. The summed E-state index contributed by atoms with van der Waals surface area (Å²) in [5.74, 6) is -0.261. The van der Waals surface area contributed by atoms with Crippen LogP contribution in [0.1, 0.15) is 43.0 Å². The van der Waals surface area contributed by atoms with Gasteiger partial charge in [0.25, 0.3) is 5.56 Å². The number of pyridine rings is 1. The third-order valence-electron chi connectivity index (χ3n) is 6.99. The number of fused-ring (bicyclic) bond motifs is 2. The zero-order valence-electron chi connectivity index (χ0n) is 17.9. The Hall–Kier alpha value is -2.77. The molecule has 1 saturated carbocycles. The third-order valence-corrected chi connectivity index (χ3v) is 8.41. The molecule has 1 atom stereocenters. The number of carboxylic acids is 1. The highest BCUT2D eigenvalue weighted by Gasteiger charge is 2.42. The minimum atomic E-state index is -1.06. The molecule has 0 amide bonds. The first-order valence-corrected chi connectivity index (χ1v) is 11.8. The molecule has 1 aliphatic heterocycles. The smallest absolute Gasteiger partial charge is 0.337 e. The SMILES string of the molecule is CC1(C2CCC(CO)CC2)Nc2cc(C(=O)O)c(-n3ccc4ccccc4c3=O)cc2S1. The summed E-state index contributed by atoms with van der Waals surface area (Å²) in [6.45, 7) is 2.42. The topological polar surface area (TPSA) is 91.6 Å². The average molecular weight is 451 g/mol. The average Bonchev–Trinajstić information content (AvgIpc) is 3.15. The van der Waals surface area contributed by atoms with E-state index in [2.05, 4.69) is 12.2 Å². The molecule has 166 valence electrons. The fourth-order valence-electron chi connectivity index (χ4n) is 5.10. The second-order valence-electron chi connectivity index (χ2n) is 8.98. The van der Waals surface area contributed by atoms with Crippen LogP contribution in [-0.4, -0.2) is 32.2 Å². The molecular weight excluding hydrogens is 424 g/mol. The zero-order valence-corrected chi connectivity index (χ0v) is 18.7. The summed E-state index contributed by atoms with van der Waals surface area (Å²) in [6, 6.07) is 12.7. The van der Waals surface area contributed by atoms with Crippen LogP contribution in [0.25, 0.3) is 16.5 Å². The molecule has 1 aliphatic carbocycles. The number of hydrogen-bond acceptors (Lipinski definition) is 5. The number of hydrogen-bond donors (Lipinski definition) is 3. The van der Waals surface area contributed by atoms with Gasteiger partial charge in [0.05, 0.1) is 16.1 Å². The van der Waals surface area contributed by atoms with Crippen LogP contribution in [-0.2, 0) is 0 Å². The number of carbonyl (C=O) groups is 1. The van der Waals surface area contributed by atoms with Gasteiger partial charge >= 0.3 is 5.97 Å². The van der Waals surface area contributed by atoms with Gasteiger partial charge in [0.15, 0.2) is 0 Å². The van der Waals surface area contributed by atoms with Gasteiger partial charge in [-0.15, -0.1) is 0 Å². The summed E-state index contributed by atoms with van der Waals surface area (Å²) in [5.41, 5.74) is 1.06. The van der Waals surface area contributed by atoms with Crippen LogP contribution in [0.2, 0.25) is 0 Å². The van der Waals surface area contributed by atoms with Crippen molar-refractivity contribution in [1.29, 1.82) is 0 Å². The van der Waals surface area contributed by atoms with Crippen molar-refractivity contribution >= 4 is 34.2 Å². The Morgan fingerprint density at radius 3 is 2.66 bits per heavy atom. The minimum absolute atomic E-state index is 0.0995. The molecule has 3 aromatic rings. The molecule has 2 heterocycles. The van der Waals surface area contributed by atoms with Crippen molar-refractivity contribution in [2.75, 3.05) is 11.9 Å². The number of thioether (sulfide) groups is 1. The second-order valence-corrected chi connectivity index (χ2v) is 10.5. The maximum Gasteiger partial charge on any atom is 0.337 e. The minimum Gasteiger partial charge on any atom is -0.478 e. The van der Waals surface area contributed by atoms with E-state index in [9.17, 15) is 19.8 Å². The molecule has 0 bridgehead atoms. The molecule has 5 rings (SSSR count). The summed E-state index contributed by atoms with van der Waals surface area (Å²) in [4.78, 5) is 26.0. The number of nitrogens with zero attached hydrogens (tertiary/aromatic N) is 1. The second kappa shape index (κ2) is 7.98. The molecule has 3 N–H and O–H groups in total. The van der Waals surface area contributed by atoms with E-state index in [1.54, 1.807) is 30.1 Å². The molecule has 1 aromatic heterocycles. The molecule has 1 fully saturated rings. The molecule has 2 aliphatic rings. The fraction of sp³-hybridized carbons (Fsp3) is 0.360. The predicted molar refractivity (Wildman–Crippen MR) is 127 cm³/mol. The fourth-order valence-corrected chi connectivity index (χ4v) is 6.51. The first-order chi connectivity index (χ1) is 15.4. The van der Waals surface area contributed by atoms with Crippen molar-refractivity contribution in [3.63, 3.8) is 0 Å². The van der Waals surface area contributed by atoms with Crippen LogP contribution < -0.4 is 10.9 Å². The van der Waals surface area contributed by atoms with Crippen LogP contribution in [0, 0.1) is 11.8 Å². The van der Waals surface area contributed by atoms with Gasteiger partial charge in [0.1, 0.15) is 0 Å². The summed E-state index contributed by atoms with van der Waals surface area (Å²) < 4.78 is 1.44. The van der Waals surface area contributed by atoms with Gasteiger partial charge < -0.3 is 15.5 Å². The Bertz CT molecular complexity index is 1260. The van der Waals surface area contributed by atoms with E-state index >= 15 is 0 Å². The van der Waals surface area contributed by atoms with E-state index in [1.165, 1.54) is 4.57 Å². The molecule has 0 spiro atoms. The maximum atomic E-state index is 13.2. The van der Waals surface area contributed by atoms with E-state index in [4.69, 9.17) is 0 Å². The molecule has 1 unspecified atom stereocenters. The lowest BCUT2D eigenvalue weighted by Gasteiger charge is -2.38. The molecule has 7 heteroatoms. The molecule has 0 saturated heterocycles. The Kier molecular flexibility index (Phi) is 5.26. The maximum absolute atomic E-state index is 13.2. The van der Waals surface area contributed by atoms with Crippen LogP contribution in [0.3, 0.4) is 0 Å². The zero-order chi connectivity index (χ0) is 22.5. The number of carboxylic acid groups (broad SMARTS) is 1. The van der Waals surface area contributed by atoms with Gasteiger partial charge in [-0.05, 0) is 74.1 Å². The Labute approximate surface area is 190 Å². The number of aliphatic hydroxyl groups excluding tert-OH is 1. The van der Waals surface area contributed by atoms with Gasteiger partial charge in [-0.25, -0.2) is 4.79 Å². The largest absolute Gasteiger partial charge is 0.478 e. The first-order valence-electron chi connectivity index (χ1n) is 11.0. The molecule has 2 aromatic carbocycles. The van der Waals surface area contributed by atoms with Crippen molar-refractivity contribution in [3.8, 4) is 5.69 Å². The van der Waals surface area contributed by atoms with Crippen LogP contribution in [0.4, 0.5) is 5.69 Å². The summed E-state index contributed by atoms with van der Waals surface area (Å²) >= 11 is 1.71. The lowest BCUT2D eigenvalue weighted by Crippen LogP contribution is -2.39. The van der Waals surface area contributed by atoms with E-state index in [0.29, 0.717) is 22.9 Å². The number of aromatic carboxylic acids is 1. The monoisotopic (exact) mass is 450 g/mol. The summed E-state index contributed by atoms with van der Waals surface area (Å²) in [7, 11) is 0. The van der Waals surface area contributed by atoms with Crippen molar-refractivity contribution in [1.82, 2.24) is 4.57 Å². The Morgan fingerprint density at radius 2 is 1.94 bits per heavy atom. The highest BCUT2D eigenvalue weighted by atomic mass is 32.2. The van der Waals surface area contributed by atoms with Crippen molar-refractivity contribution in [3.05, 3.63) is 64.6 Å². The van der Waals surface area contributed by atoms with Crippen molar-refractivity contribution < 1.29 is 15.0 Å². The van der Waals surface area contributed by atoms with Crippen molar-refractivity contribution in [2.45, 2.75) is 42.4 Å². The standard InChI is InChI=1S/C25H26N2O4S/c1-25(17-8-6-15(14-28)7-9-17)26-20-12-19(24(30)31)21(13-22(20)32-25)27-11-10-16-4-2-3-5-18(16)23(27)29/h2-5,10-13,15,17,26,28H,6-9,14H2,1H3,(H,30,31). The molecule has 32 heavy (non-hydrogen) atoms. The quantitative estimate of drug-likeness (QED) is 0.533. The lowest BCUT2D eigenvalue weighted by molar-refractivity contribution is 0.0697. The van der Waals surface area contributed by atoms with E-state index in [0.717, 1.165) is 41.7 Å². The summed E-state index contributed by atoms with van der Waals surface area (Å²) in [5, 5.41) is 24.3. The van der Waals surface area contributed by atoms with E-state index in [-0.39, 0.29) is 22.6 Å². The number of aromatic nitrogens is 1. The van der Waals surface area contributed by atoms with Crippen LogP contribution in [0.5, 0.6) is 0 Å². The van der Waals surface area contributed by atoms with Gasteiger partial charge in [-0.1, -0.05) is 30.0 Å². The van der Waals surface area contributed by atoms with Crippen molar-refractivity contribution in [2.24, 2.45) is 11.8 Å². The Morgan fingerprint density at radius 1 is 1.19 bits per heavy atom. The van der Waals surface area contributed by atoms with Gasteiger partial charge in [-0.3, -0.25) is 9.36 Å². The number of rotatable bonds is 4. The summed E-state index contributed by atoms with van der Waals surface area (Å²) in [6.07, 6.45) is 5.72. The highest BCUT2D eigenvalue weighted by Crippen LogP contribution is 2.53. The van der Waals surface area contributed by atoms with Gasteiger partial charge in [-0.2, -0.15) is 0 Å². The number of anilines is 1. The third kappa shape index (κ3) is 3.49. The lowest BCUT2D eigenvalue weighted by atomic mass is 9.79. The van der Waals surface area contributed by atoms with Gasteiger partial charge in [0, 0.05) is 28.8 Å². The Balaban J connectivity index is 1.55. The first kappa shape index (κ1) is 21.1. The normalized spacial score (nSPS) is 24.8. The molecule has 6 nitrogen and oxygen atoms in total. The molecule has 0 radical (unpaired) electrons. The van der Waals surface area contributed by atoms with E-state index < -0.39 is 5.97 Å². The number of aliphatic hydroxyl groups is 1. The van der Waals surface area contributed by atoms with Crippen LogP contribution >= 0.6 is 11.8 Å². The molecular formula is C25H26N2O4S. The van der Waals surface area contributed by atoms with Crippen LogP contribution in [0.15, 0.2) is 58.4 Å². The van der Waals surface area contributed by atoms with E-state index in [1.807, 2.05) is 30.3 Å².